The summed E-state index contributed by atoms with van der Waals surface area (Å²) in [5.74, 6) is 1.43. The molecule has 0 saturated carbocycles. The first-order valence-corrected chi connectivity index (χ1v) is 8.38. The molecule has 0 bridgehead atoms. The van der Waals surface area contributed by atoms with Gasteiger partial charge in [0.2, 0.25) is 0 Å². The van der Waals surface area contributed by atoms with Crippen molar-refractivity contribution in [2.75, 3.05) is 20.8 Å². The van der Waals surface area contributed by atoms with Crippen molar-refractivity contribution in [3.05, 3.63) is 58.5 Å². The van der Waals surface area contributed by atoms with Gasteiger partial charge in [-0.1, -0.05) is 0 Å². The summed E-state index contributed by atoms with van der Waals surface area (Å²) in [6, 6.07) is 8.86. The topological polar surface area (TPSA) is 46.3 Å². The SMILES string of the molecule is COc1cc(C2NCCc3c2[nH]c2ccc(F)cc32)c(OC)cc1C. The molecule has 25 heavy (non-hydrogen) atoms. The number of aryl methyl sites for hydroxylation is 1. The van der Waals surface area contributed by atoms with Crippen LogP contribution in [-0.2, 0) is 6.42 Å². The number of aromatic nitrogens is 1. The number of ether oxygens (including phenoxy) is 2. The van der Waals surface area contributed by atoms with Crippen molar-refractivity contribution in [2.24, 2.45) is 0 Å². The number of hydrogen-bond acceptors (Lipinski definition) is 3. The van der Waals surface area contributed by atoms with Crippen LogP contribution in [-0.4, -0.2) is 25.7 Å². The van der Waals surface area contributed by atoms with Gasteiger partial charge >= 0.3 is 0 Å². The van der Waals surface area contributed by atoms with E-state index in [2.05, 4.69) is 10.3 Å². The molecule has 0 aliphatic carbocycles. The average molecular weight is 340 g/mol. The predicted molar refractivity (Wildman–Crippen MR) is 96.1 cm³/mol. The minimum atomic E-state index is -0.209. The van der Waals surface area contributed by atoms with E-state index in [9.17, 15) is 4.39 Å². The van der Waals surface area contributed by atoms with Gasteiger partial charge in [-0.3, -0.25) is 0 Å². The Morgan fingerprint density at radius 3 is 2.64 bits per heavy atom. The van der Waals surface area contributed by atoms with Crippen LogP contribution in [0.2, 0.25) is 0 Å². The molecule has 3 aromatic rings. The van der Waals surface area contributed by atoms with Gasteiger partial charge in [0.15, 0.2) is 0 Å². The molecule has 1 aromatic heterocycles. The smallest absolute Gasteiger partial charge is 0.124 e. The van der Waals surface area contributed by atoms with Gasteiger partial charge in [-0.25, -0.2) is 4.39 Å². The second-order valence-corrected chi connectivity index (χ2v) is 6.41. The van der Waals surface area contributed by atoms with E-state index >= 15 is 0 Å². The third-order valence-corrected chi connectivity index (χ3v) is 4.97. The Hall–Kier alpha value is -2.53. The van der Waals surface area contributed by atoms with Crippen molar-refractivity contribution < 1.29 is 13.9 Å². The Kier molecular flexibility index (Phi) is 3.88. The predicted octanol–water partition coefficient (Wildman–Crippen LogP) is 3.87. The summed E-state index contributed by atoms with van der Waals surface area (Å²) in [6.45, 7) is 2.82. The highest BCUT2D eigenvalue weighted by Crippen LogP contribution is 2.39. The van der Waals surface area contributed by atoms with Crippen LogP contribution < -0.4 is 14.8 Å². The highest BCUT2D eigenvalue weighted by atomic mass is 19.1. The van der Waals surface area contributed by atoms with Crippen LogP contribution in [0.25, 0.3) is 10.9 Å². The van der Waals surface area contributed by atoms with Gasteiger partial charge < -0.3 is 19.8 Å². The Bertz CT molecular complexity index is 949. The zero-order valence-corrected chi connectivity index (χ0v) is 14.6. The maximum Gasteiger partial charge on any atom is 0.124 e. The molecule has 4 rings (SSSR count). The summed E-state index contributed by atoms with van der Waals surface area (Å²) in [7, 11) is 3.35. The summed E-state index contributed by atoms with van der Waals surface area (Å²) in [5.41, 5.74) is 5.23. The molecule has 130 valence electrons. The van der Waals surface area contributed by atoms with E-state index in [1.54, 1.807) is 26.4 Å². The molecule has 0 spiro atoms. The van der Waals surface area contributed by atoms with Gasteiger partial charge in [0.25, 0.3) is 0 Å². The summed E-state index contributed by atoms with van der Waals surface area (Å²) >= 11 is 0. The number of hydrogen-bond donors (Lipinski definition) is 2. The maximum absolute atomic E-state index is 13.7. The summed E-state index contributed by atoms with van der Waals surface area (Å²) < 4.78 is 24.8. The molecular weight excluding hydrogens is 319 g/mol. The van der Waals surface area contributed by atoms with E-state index in [-0.39, 0.29) is 11.9 Å². The standard InChI is InChI=1S/C20H21FN2O2/c1-11-8-18(25-3)15(10-17(11)24-2)19-20-13(6-7-22-19)14-9-12(21)4-5-16(14)23-20/h4-5,8-10,19,22-23H,6-7H2,1-3H3. The highest BCUT2D eigenvalue weighted by Gasteiger charge is 2.28. The lowest BCUT2D eigenvalue weighted by Gasteiger charge is -2.27. The molecule has 0 saturated heterocycles. The number of benzene rings is 2. The minimum Gasteiger partial charge on any atom is -0.496 e. The average Bonchev–Trinajstić information content (AvgIpc) is 2.99. The van der Waals surface area contributed by atoms with Crippen LogP contribution in [0.5, 0.6) is 11.5 Å². The van der Waals surface area contributed by atoms with Gasteiger partial charge in [-0.2, -0.15) is 0 Å². The van der Waals surface area contributed by atoms with Crippen molar-refractivity contribution in [3.63, 3.8) is 0 Å². The number of aromatic amines is 1. The molecule has 2 N–H and O–H groups in total. The molecule has 2 heterocycles. The van der Waals surface area contributed by atoms with E-state index < -0.39 is 0 Å². The van der Waals surface area contributed by atoms with Crippen LogP contribution in [0.1, 0.15) is 28.4 Å². The summed E-state index contributed by atoms with van der Waals surface area (Å²) in [5, 5.41) is 4.51. The molecule has 1 aliphatic heterocycles. The number of nitrogens with one attached hydrogen (secondary N) is 2. The van der Waals surface area contributed by atoms with Gasteiger partial charge in [0.05, 0.1) is 20.3 Å². The van der Waals surface area contributed by atoms with Crippen LogP contribution in [0.15, 0.2) is 30.3 Å². The largest absolute Gasteiger partial charge is 0.496 e. The lowest BCUT2D eigenvalue weighted by molar-refractivity contribution is 0.390. The lowest BCUT2D eigenvalue weighted by Crippen LogP contribution is -2.30. The van der Waals surface area contributed by atoms with E-state index in [0.29, 0.717) is 0 Å². The Morgan fingerprint density at radius 2 is 1.88 bits per heavy atom. The second kappa shape index (κ2) is 6.08. The first-order valence-electron chi connectivity index (χ1n) is 8.38. The first kappa shape index (κ1) is 16.0. The fourth-order valence-electron chi connectivity index (χ4n) is 3.77. The quantitative estimate of drug-likeness (QED) is 0.761. The Morgan fingerprint density at radius 1 is 1.08 bits per heavy atom. The highest BCUT2D eigenvalue weighted by molar-refractivity contribution is 5.85. The molecular formula is C20H21FN2O2. The van der Waals surface area contributed by atoms with Gasteiger partial charge in [0, 0.05) is 28.7 Å². The van der Waals surface area contributed by atoms with Crippen molar-refractivity contribution in [1.29, 1.82) is 0 Å². The van der Waals surface area contributed by atoms with Crippen LogP contribution in [0.3, 0.4) is 0 Å². The maximum atomic E-state index is 13.7. The Labute approximate surface area is 146 Å². The molecule has 0 radical (unpaired) electrons. The zero-order valence-electron chi connectivity index (χ0n) is 14.6. The number of methoxy groups -OCH3 is 2. The third kappa shape index (κ3) is 2.55. The molecule has 5 heteroatoms. The van der Waals surface area contributed by atoms with E-state index in [1.807, 2.05) is 19.1 Å². The monoisotopic (exact) mass is 340 g/mol. The molecule has 1 aliphatic rings. The van der Waals surface area contributed by atoms with Gasteiger partial charge in [-0.15, -0.1) is 0 Å². The van der Waals surface area contributed by atoms with E-state index in [4.69, 9.17) is 9.47 Å². The molecule has 4 nitrogen and oxygen atoms in total. The fourth-order valence-corrected chi connectivity index (χ4v) is 3.77. The molecule has 0 amide bonds. The van der Waals surface area contributed by atoms with Crippen LogP contribution in [0, 0.1) is 12.7 Å². The molecule has 1 atom stereocenters. The normalized spacial score (nSPS) is 16.7. The number of H-pyrrole nitrogens is 1. The van der Waals surface area contributed by atoms with Crippen LogP contribution >= 0.6 is 0 Å². The lowest BCUT2D eigenvalue weighted by atomic mass is 9.93. The fraction of sp³-hybridized carbons (Fsp3) is 0.300. The summed E-state index contributed by atoms with van der Waals surface area (Å²) in [6.07, 6.45) is 0.862. The number of fused-ring (bicyclic) bond motifs is 3. The van der Waals surface area contributed by atoms with E-state index in [0.717, 1.165) is 52.2 Å². The Balaban J connectivity index is 1.90. The molecule has 2 aromatic carbocycles. The third-order valence-electron chi connectivity index (χ3n) is 4.97. The van der Waals surface area contributed by atoms with Crippen molar-refractivity contribution in [2.45, 2.75) is 19.4 Å². The molecule has 1 unspecified atom stereocenters. The number of rotatable bonds is 3. The number of halogens is 1. The zero-order chi connectivity index (χ0) is 17.6. The van der Waals surface area contributed by atoms with Crippen molar-refractivity contribution >= 4 is 10.9 Å². The van der Waals surface area contributed by atoms with Crippen molar-refractivity contribution in [3.8, 4) is 11.5 Å². The van der Waals surface area contributed by atoms with Crippen LogP contribution in [0.4, 0.5) is 4.39 Å². The second-order valence-electron chi connectivity index (χ2n) is 6.41. The van der Waals surface area contributed by atoms with Gasteiger partial charge in [0.1, 0.15) is 17.3 Å². The first-order chi connectivity index (χ1) is 12.1. The minimum absolute atomic E-state index is 0.0522. The summed E-state index contributed by atoms with van der Waals surface area (Å²) in [4.78, 5) is 3.47. The van der Waals surface area contributed by atoms with E-state index in [1.165, 1.54) is 11.6 Å². The molecule has 0 fully saturated rings. The van der Waals surface area contributed by atoms with Gasteiger partial charge in [-0.05, 0) is 54.8 Å². The van der Waals surface area contributed by atoms with Crippen molar-refractivity contribution in [1.82, 2.24) is 10.3 Å².